The molecule has 0 atom stereocenters. The highest BCUT2D eigenvalue weighted by molar-refractivity contribution is 5.95. The fourth-order valence-corrected chi connectivity index (χ4v) is 2.71. The van der Waals surface area contributed by atoms with Crippen molar-refractivity contribution in [2.45, 2.75) is 12.8 Å². The van der Waals surface area contributed by atoms with Gasteiger partial charge >= 0.3 is 6.03 Å². The second kappa shape index (κ2) is 8.35. The van der Waals surface area contributed by atoms with Crippen LogP contribution in [0.3, 0.4) is 0 Å². The van der Waals surface area contributed by atoms with Gasteiger partial charge in [-0.2, -0.15) is 0 Å². The van der Waals surface area contributed by atoms with E-state index in [0.717, 1.165) is 17.6 Å². The maximum atomic E-state index is 12.4. The molecule has 26 heavy (non-hydrogen) atoms. The number of hydrogen-bond donors (Lipinski definition) is 4. The fraction of sp³-hybridized carbons (Fsp3) is 0.263. The molecule has 0 saturated carbocycles. The number of unbranched alkanes of at least 4 members (excludes halogenated alkanes) is 1. The van der Waals surface area contributed by atoms with Gasteiger partial charge in [0, 0.05) is 43.0 Å². The highest BCUT2D eigenvalue weighted by Gasteiger charge is 2.22. The summed E-state index contributed by atoms with van der Waals surface area (Å²) in [4.78, 5) is 26.0. The fourth-order valence-electron chi connectivity index (χ4n) is 2.71. The Morgan fingerprint density at radius 1 is 1.19 bits per heavy atom. The summed E-state index contributed by atoms with van der Waals surface area (Å²) in [5, 5.41) is 17.4. The van der Waals surface area contributed by atoms with Gasteiger partial charge in [0.2, 0.25) is 0 Å². The second-order valence-corrected chi connectivity index (χ2v) is 6.08. The van der Waals surface area contributed by atoms with Crippen molar-refractivity contribution >= 4 is 17.6 Å². The Balaban J connectivity index is 1.53. The molecule has 1 aromatic carbocycles. The first-order valence-corrected chi connectivity index (χ1v) is 8.58. The van der Waals surface area contributed by atoms with Gasteiger partial charge in [-0.1, -0.05) is 0 Å². The minimum atomic E-state index is -0.220. The molecular formula is C19H22N4O3. The van der Waals surface area contributed by atoms with Crippen molar-refractivity contribution in [2.75, 3.05) is 25.0 Å². The summed E-state index contributed by atoms with van der Waals surface area (Å²) in [5.41, 5.74) is 3.24. The predicted molar refractivity (Wildman–Crippen MR) is 99.3 cm³/mol. The van der Waals surface area contributed by atoms with Crippen molar-refractivity contribution in [2.24, 2.45) is 0 Å². The maximum absolute atomic E-state index is 12.4. The Hall–Kier alpha value is -3.06. The second-order valence-electron chi connectivity index (χ2n) is 6.08. The number of nitrogens with zero attached hydrogens (tertiary/aromatic N) is 1. The zero-order chi connectivity index (χ0) is 18.4. The molecule has 3 rings (SSSR count). The van der Waals surface area contributed by atoms with Crippen molar-refractivity contribution in [1.82, 2.24) is 15.5 Å². The molecule has 2 heterocycles. The van der Waals surface area contributed by atoms with Crippen LogP contribution in [0, 0.1) is 0 Å². The first kappa shape index (κ1) is 17.8. The topological polar surface area (TPSA) is 93.7 Å². The van der Waals surface area contributed by atoms with E-state index in [2.05, 4.69) is 16.0 Å². The number of hydrogen-bond acceptors (Lipinski definition) is 4. The molecule has 0 bridgehead atoms. The number of carbonyl (C=O) groups is 2. The minimum Gasteiger partial charge on any atom is -0.396 e. The van der Waals surface area contributed by atoms with E-state index in [-0.39, 0.29) is 18.5 Å². The lowest BCUT2D eigenvalue weighted by Crippen LogP contribution is -2.29. The lowest BCUT2D eigenvalue weighted by atomic mass is 10.1. The van der Waals surface area contributed by atoms with Crippen LogP contribution in [0.25, 0.3) is 0 Å². The van der Waals surface area contributed by atoms with E-state index in [1.165, 1.54) is 0 Å². The van der Waals surface area contributed by atoms with Crippen LogP contribution in [0.5, 0.6) is 0 Å². The highest BCUT2D eigenvalue weighted by atomic mass is 16.3. The van der Waals surface area contributed by atoms with Gasteiger partial charge in [-0.05, 0) is 54.3 Å². The molecule has 7 nitrogen and oxygen atoms in total. The molecule has 0 spiro atoms. The molecule has 0 unspecified atom stereocenters. The summed E-state index contributed by atoms with van der Waals surface area (Å²) in [6.07, 6.45) is 8.85. The summed E-state index contributed by atoms with van der Waals surface area (Å²) >= 11 is 0. The predicted octanol–water partition coefficient (Wildman–Crippen LogP) is 1.92. The van der Waals surface area contributed by atoms with Gasteiger partial charge in [0.1, 0.15) is 0 Å². The number of rotatable bonds is 6. The lowest BCUT2D eigenvalue weighted by molar-refractivity contribution is 0.0952. The van der Waals surface area contributed by atoms with E-state index in [0.29, 0.717) is 30.8 Å². The van der Waals surface area contributed by atoms with Gasteiger partial charge in [0.15, 0.2) is 0 Å². The van der Waals surface area contributed by atoms with Crippen molar-refractivity contribution in [3.8, 4) is 0 Å². The summed E-state index contributed by atoms with van der Waals surface area (Å²) in [5.74, 6) is -0.166. The van der Waals surface area contributed by atoms with Crippen LogP contribution in [-0.2, 0) is 0 Å². The summed E-state index contributed by atoms with van der Waals surface area (Å²) in [7, 11) is 0. The Morgan fingerprint density at radius 3 is 2.73 bits per heavy atom. The molecule has 136 valence electrons. The number of amides is 3. The number of benzene rings is 1. The zero-order valence-electron chi connectivity index (χ0n) is 14.4. The third-order valence-electron chi connectivity index (χ3n) is 4.15. The van der Waals surface area contributed by atoms with Crippen LogP contribution >= 0.6 is 0 Å². The van der Waals surface area contributed by atoms with Crippen LogP contribution in [-0.4, -0.2) is 41.6 Å². The van der Waals surface area contributed by atoms with Gasteiger partial charge < -0.3 is 21.1 Å². The number of dihydropyridines is 1. The molecule has 1 aromatic rings. The lowest BCUT2D eigenvalue weighted by Gasteiger charge is -2.15. The number of urea groups is 1. The summed E-state index contributed by atoms with van der Waals surface area (Å²) < 4.78 is 0. The van der Waals surface area contributed by atoms with Crippen molar-refractivity contribution < 1.29 is 14.7 Å². The molecule has 4 N–H and O–H groups in total. The van der Waals surface area contributed by atoms with Crippen LogP contribution in [0.4, 0.5) is 10.5 Å². The van der Waals surface area contributed by atoms with Crippen LogP contribution in [0.15, 0.2) is 60.1 Å². The molecular weight excluding hydrogens is 332 g/mol. The quantitative estimate of drug-likeness (QED) is 0.587. The molecule has 2 aliphatic rings. The normalized spacial score (nSPS) is 14.9. The largest absolute Gasteiger partial charge is 0.396 e. The van der Waals surface area contributed by atoms with Gasteiger partial charge in [0.25, 0.3) is 5.91 Å². The average molecular weight is 354 g/mol. The van der Waals surface area contributed by atoms with Crippen molar-refractivity contribution in [3.05, 3.63) is 65.7 Å². The molecule has 7 heteroatoms. The summed E-state index contributed by atoms with van der Waals surface area (Å²) in [6, 6.07) is 6.54. The average Bonchev–Trinajstić information content (AvgIpc) is 3.10. The van der Waals surface area contributed by atoms with E-state index in [1.54, 1.807) is 29.2 Å². The smallest absolute Gasteiger partial charge is 0.326 e. The van der Waals surface area contributed by atoms with Gasteiger partial charge in [0.05, 0.1) is 6.54 Å². The number of anilines is 1. The molecule has 0 fully saturated rings. The standard InChI is InChI=1S/C19H22N4O3/c24-10-2-1-8-21-18(25)14-3-5-17(6-4-14)22-19(26)23-12-15-7-9-20-11-16(15)13-23/h3-7,9,11-12,20,24H,1-2,8,10,13H2,(H,21,25)(H,22,26). The van der Waals surface area contributed by atoms with Crippen LogP contribution < -0.4 is 16.0 Å². The molecule has 0 aliphatic carbocycles. The Bertz CT molecular complexity index is 765. The van der Waals surface area contributed by atoms with Gasteiger partial charge in [-0.25, -0.2) is 4.79 Å². The van der Waals surface area contributed by atoms with Gasteiger partial charge in [-0.3, -0.25) is 9.69 Å². The van der Waals surface area contributed by atoms with Crippen molar-refractivity contribution in [3.63, 3.8) is 0 Å². The number of nitrogens with one attached hydrogen (secondary N) is 3. The molecule has 0 aromatic heterocycles. The Kier molecular flexibility index (Phi) is 5.70. The third kappa shape index (κ3) is 4.31. The molecule has 0 saturated heterocycles. The van der Waals surface area contributed by atoms with E-state index < -0.39 is 0 Å². The molecule has 2 aliphatic heterocycles. The van der Waals surface area contributed by atoms with Gasteiger partial charge in [-0.15, -0.1) is 0 Å². The van der Waals surface area contributed by atoms with E-state index in [4.69, 9.17) is 5.11 Å². The van der Waals surface area contributed by atoms with E-state index in [1.807, 2.05) is 24.7 Å². The van der Waals surface area contributed by atoms with E-state index in [9.17, 15) is 9.59 Å². The Morgan fingerprint density at radius 2 is 2.00 bits per heavy atom. The van der Waals surface area contributed by atoms with E-state index >= 15 is 0 Å². The zero-order valence-corrected chi connectivity index (χ0v) is 14.4. The number of carbonyl (C=O) groups excluding carboxylic acids is 2. The number of allylic oxidation sites excluding steroid dienone is 1. The molecule has 0 radical (unpaired) electrons. The number of aliphatic hydroxyl groups excluding tert-OH is 1. The van der Waals surface area contributed by atoms with Crippen LogP contribution in [0.1, 0.15) is 23.2 Å². The number of fused-ring (bicyclic) bond motifs is 1. The maximum Gasteiger partial charge on any atom is 0.326 e. The molecule has 3 amide bonds. The van der Waals surface area contributed by atoms with Crippen molar-refractivity contribution in [1.29, 1.82) is 0 Å². The Labute approximate surface area is 152 Å². The SMILES string of the molecule is O=C(NCCCCO)c1ccc(NC(=O)N2C=C3C=CNC=C3C2)cc1. The first-order valence-electron chi connectivity index (χ1n) is 8.58. The minimum absolute atomic E-state index is 0.127. The summed E-state index contributed by atoms with van der Waals surface area (Å²) in [6.45, 7) is 1.18. The van der Waals surface area contributed by atoms with Crippen LogP contribution in [0.2, 0.25) is 0 Å². The third-order valence-corrected chi connectivity index (χ3v) is 4.15. The monoisotopic (exact) mass is 354 g/mol. The first-order chi connectivity index (χ1) is 12.7. The number of aliphatic hydroxyl groups is 1. The highest BCUT2D eigenvalue weighted by Crippen LogP contribution is 2.24.